The molecule has 3 rings (SSSR count). The zero-order valence-corrected chi connectivity index (χ0v) is 16.2. The van der Waals surface area contributed by atoms with E-state index < -0.39 is 0 Å². The third-order valence-electron chi connectivity index (χ3n) is 3.33. The number of thioether (sulfide) groups is 1. The van der Waals surface area contributed by atoms with E-state index in [4.69, 9.17) is 23.8 Å². The van der Waals surface area contributed by atoms with Gasteiger partial charge in [-0.1, -0.05) is 65.1 Å². The van der Waals surface area contributed by atoms with Crippen LogP contribution in [0.25, 0.3) is 6.08 Å². The predicted molar refractivity (Wildman–Crippen MR) is 107 cm³/mol. The maximum Gasteiger partial charge on any atom is 0.266 e. The molecule has 1 amide bonds. The molecule has 24 heavy (non-hydrogen) atoms. The number of anilines is 1. The summed E-state index contributed by atoms with van der Waals surface area (Å²) in [5.41, 5.74) is 0.879. The van der Waals surface area contributed by atoms with Gasteiger partial charge >= 0.3 is 0 Å². The third-order valence-corrected chi connectivity index (χ3v) is 6.19. The minimum absolute atomic E-state index is 0.0928. The highest BCUT2D eigenvalue weighted by atomic mass is 35.5. The van der Waals surface area contributed by atoms with Crippen LogP contribution in [0.15, 0.2) is 35.4 Å². The summed E-state index contributed by atoms with van der Waals surface area (Å²) < 4.78 is 0.545. The maximum absolute atomic E-state index is 12.7. The summed E-state index contributed by atoms with van der Waals surface area (Å²) in [5.74, 6) is -0.0928. The smallest absolute Gasteiger partial charge is 0.266 e. The highest BCUT2D eigenvalue weighted by Crippen LogP contribution is 2.35. The van der Waals surface area contributed by atoms with Crippen LogP contribution in [0.1, 0.15) is 10.4 Å². The molecule has 0 atom stereocenters. The molecular weight excluding hydrogens is 382 g/mol. The van der Waals surface area contributed by atoms with Gasteiger partial charge in [0.1, 0.15) is 4.32 Å². The predicted octanol–water partition coefficient (Wildman–Crippen LogP) is 4.26. The van der Waals surface area contributed by atoms with Crippen molar-refractivity contribution in [3.8, 4) is 0 Å². The van der Waals surface area contributed by atoms with Crippen LogP contribution in [0, 0.1) is 0 Å². The Morgan fingerprint density at radius 1 is 1.38 bits per heavy atom. The summed E-state index contributed by atoms with van der Waals surface area (Å²) in [7, 11) is 3.87. The number of carbonyl (C=O) groups is 1. The van der Waals surface area contributed by atoms with Crippen LogP contribution < -0.4 is 4.90 Å². The topological polar surface area (TPSA) is 36.4 Å². The van der Waals surface area contributed by atoms with Crippen LogP contribution >= 0.6 is 46.9 Å². The van der Waals surface area contributed by atoms with Gasteiger partial charge in [-0.2, -0.15) is 0 Å². The first-order chi connectivity index (χ1) is 11.5. The Morgan fingerprint density at radius 2 is 2.12 bits per heavy atom. The van der Waals surface area contributed by atoms with Crippen molar-refractivity contribution in [1.29, 1.82) is 0 Å². The quantitative estimate of drug-likeness (QED) is 0.571. The van der Waals surface area contributed by atoms with Gasteiger partial charge < -0.3 is 4.90 Å². The molecule has 0 unspecified atom stereocenters. The van der Waals surface area contributed by atoms with E-state index in [1.165, 1.54) is 23.1 Å². The number of hydrogen-bond acceptors (Lipinski definition) is 6. The monoisotopic (exact) mass is 395 g/mol. The van der Waals surface area contributed by atoms with E-state index >= 15 is 0 Å². The Hall–Kier alpha value is -1.41. The second-order valence-corrected chi connectivity index (χ2v) is 8.42. The number of aromatic nitrogens is 1. The Morgan fingerprint density at radius 3 is 2.79 bits per heavy atom. The summed E-state index contributed by atoms with van der Waals surface area (Å²) in [6.07, 6.45) is 3.61. The largest absolute Gasteiger partial charge is 0.354 e. The molecule has 2 aromatic rings. The van der Waals surface area contributed by atoms with Crippen LogP contribution in [0.3, 0.4) is 0 Å². The number of hydrogen-bond donors (Lipinski definition) is 0. The van der Waals surface area contributed by atoms with E-state index in [9.17, 15) is 4.79 Å². The molecule has 1 aliphatic rings. The first-order valence-corrected chi connectivity index (χ1v) is 9.49. The molecule has 1 saturated heterocycles. The molecule has 8 heteroatoms. The number of thiocarbonyl (C=S) groups is 1. The number of carbonyl (C=O) groups excluding carboxylic acids is 1. The Bertz CT molecular complexity index is 831. The second kappa shape index (κ2) is 7.23. The zero-order chi connectivity index (χ0) is 17.3. The van der Waals surface area contributed by atoms with Crippen LogP contribution in [0.5, 0.6) is 0 Å². The van der Waals surface area contributed by atoms with Crippen LogP contribution in [0.2, 0.25) is 5.02 Å². The molecule has 1 aliphatic heterocycles. The van der Waals surface area contributed by atoms with E-state index in [0.717, 1.165) is 15.6 Å². The molecule has 1 aromatic carbocycles. The Kier molecular flexibility index (Phi) is 5.24. The van der Waals surface area contributed by atoms with Crippen molar-refractivity contribution in [1.82, 2.24) is 9.88 Å². The summed E-state index contributed by atoms with van der Waals surface area (Å²) in [6, 6.07) is 7.47. The van der Waals surface area contributed by atoms with Crippen LogP contribution in [0.4, 0.5) is 5.13 Å². The molecule has 4 nitrogen and oxygen atoms in total. The fraction of sp³-hybridized carbons (Fsp3) is 0.188. The van der Waals surface area contributed by atoms with Gasteiger partial charge in [0.2, 0.25) is 0 Å². The Balaban J connectivity index is 1.80. The van der Waals surface area contributed by atoms with Crippen LogP contribution in [-0.2, 0) is 11.3 Å². The normalized spacial score (nSPS) is 16.3. The van der Waals surface area contributed by atoms with Crippen molar-refractivity contribution >= 4 is 68.4 Å². The van der Waals surface area contributed by atoms with Crippen molar-refractivity contribution < 1.29 is 4.79 Å². The van der Waals surface area contributed by atoms with Crippen LogP contribution in [-0.4, -0.2) is 34.2 Å². The highest BCUT2D eigenvalue weighted by molar-refractivity contribution is 8.26. The van der Waals surface area contributed by atoms with Crippen molar-refractivity contribution in [3.63, 3.8) is 0 Å². The molecule has 0 aliphatic carbocycles. The molecule has 1 aromatic heterocycles. The number of halogens is 1. The maximum atomic E-state index is 12.7. The molecule has 0 saturated carbocycles. The minimum atomic E-state index is -0.0928. The molecule has 124 valence electrons. The van der Waals surface area contributed by atoms with Gasteiger partial charge in [-0.25, -0.2) is 4.98 Å². The van der Waals surface area contributed by atoms with Crippen molar-refractivity contribution in [2.75, 3.05) is 19.0 Å². The van der Waals surface area contributed by atoms with Crippen molar-refractivity contribution in [2.45, 2.75) is 6.54 Å². The SMILES string of the molecule is CN(C)c1ncc(/C=C2\SC(=S)N(Cc3ccccc3Cl)C2=O)s1. The van der Waals surface area contributed by atoms with E-state index in [1.54, 1.807) is 11.1 Å². The van der Waals surface area contributed by atoms with Gasteiger partial charge in [0.15, 0.2) is 5.13 Å². The lowest BCUT2D eigenvalue weighted by atomic mass is 10.2. The molecule has 2 heterocycles. The van der Waals surface area contributed by atoms with Gasteiger partial charge in [0.25, 0.3) is 5.91 Å². The first kappa shape index (κ1) is 17.4. The van der Waals surface area contributed by atoms with E-state index in [0.29, 0.717) is 20.8 Å². The minimum Gasteiger partial charge on any atom is -0.354 e. The van der Waals surface area contributed by atoms with Crippen molar-refractivity contribution in [2.24, 2.45) is 0 Å². The van der Waals surface area contributed by atoms with E-state index in [-0.39, 0.29) is 5.91 Å². The second-order valence-electron chi connectivity index (χ2n) is 5.30. The lowest BCUT2D eigenvalue weighted by molar-refractivity contribution is -0.122. The molecular formula is C16H14ClN3OS3. The average Bonchev–Trinajstić information content (AvgIpc) is 3.10. The summed E-state index contributed by atoms with van der Waals surface area (Å²) in [5, 5.41) is 1.53. The summed E-state index contributed by atoms with van der Waals surface area (Å²) in [4.78, 5) is 22.0. The fourth-order valence-electron chi connectivity index (χ4n) is 2.11. The molecule has 1 fully saturated rings. The third kappa shape index (κ3) is 3.64. The molecule has 0 radical (unpaired) electrons. The van der Waals surface area contributed by atoms with Gasteiger partial charge in [-0.3, -0.25) is 9.69 Å². The molecule has 0 spiro atoms. The Labute approximate surface area is 159 Å². The number of rotatable bonds is 4. The van der Waals surface area contributed by atoms with E-state index in [1.807, 2.05) is 49.3 Å². The zero-order valence-electron chi connectivity index (χ0n) is 13.0. The number of benzene rings is 1. The summed E-state index contributed by atoms with van der Waals surface area (Å²) in [6.45, 7) is 0.382. The first-order valence-electron chi connectivity index (χ1n) is 7.07. The number of amides is 1. The molecule has 0 bridgehead atoms. The lowest BCUT2D eigenvalue weighted by Crippen LogP contribution is -2.27. The van der Waals surface area contributed by atoms with Gasteiger partial charge in [0.05, 0.1) is 16.3 Å². The number of thiazole rings is 1. The average molecular weight is 396 g/mol. The standard InChI is InChI=1S/C16H14ClN3OS3/c1-19(2)15-18-8-11(23-15)7-13-14(21)20(16(22)24-13)9-10-5-3-4-6-12(10)17/h3-8H,9H2,1-2H3/b13-7-. The van der Waals surface area contributed by atoms with Crippen molar-refractivity contribution in [3.05, 3.63) is 50.8 Å². The van der Waals surface area contributed by atoms with Gasteiger partial charge in [-0.05, 0) is 17.7 Å². The highest BCUT2D eigenvalue weighted by Gasteiger charge is 2.32. The van der Waals surface area contributed by atoms with Gasteiger partial charge in [-0.15, -0.1) is 0 Å². The van der Waals surface area contributed by atoms with Gasteiger partial charge in [0, 0.05) is 25.3 Å². The molecule has 0 N–H and O–H groups in total. The lowest BCUT2D eigenvalue weighted by Gasteiger charge is -2.15. The number of nitrogens with zero attached hydrogens (tertiary/aromatic N) is 3. The fourth-order valence-corrected chi connectivity index (χ4v) is 4.41. The summed E-state index contributed by atoms with van der Waals surface area (Å²) >= 11 is 14.4. The van der Waals surface area contributed by atoms with E-state index in [2.05, 4.69) is 4.98 Å².